The lowest BCUT2D eigenvalue weighted by Gasteiger charge is -1.92. The number of hydrogen-bond acceptors (Lipinski definition) is 1. The molecule has 0 aliphatic rings. The maximum atomic E-state index is 12.9. The van der Waals surface area contributed by atoms with Gasteiger partial charge in [-0.2, -0.15) is 0 Å². The van der Waals surface area contributed by atoms with Gasteiger partial charge in [-0.1, -0.05) is 0 Å². The number of nitrogens with one attached hydrogen (secondary N) is 1. The summed E-state index contributed by atoms with van der Waals surface area (Å²) in [5.41, 5.74) is 7.53. The van der Waals surface area contributed by atoms with Gasteiger partial charge < -0.3 is 10.7 Å². The fraction of sp³-hybridized carbons (Fsp3) is 0.273. The number of H-pyrrole nitrogens is 1. The van der Waals surface area contributed by atoms with E-state index in [1.54, 1.807) is 6.07 Å². The molecule has 0 fully saturated rings. The SMILES string of the molecule is NCCCc1cc2cc(F)ccc2[nH]1. The van der Waals surface area contributed by atoms with Crippen LogP contribution in [0.5, 0.6) is 0 Å². The van der Waals surface area contributed by atoms with E-state index in [9.17, 15) is 4.39 Å². The second-order valence-electron chi connectivity index (χ2n) is 3.42. The molecule has 0 spiro atoms. The molecule has 3 heteroatoms. The average Bonchev–Trinajstić information content (AvgIpc) is 2.56. The summed E-state index contributed by atoms with van der Waals surface area (Å²) in [4.78, 5) is 3.24. The number of nitrogens with two attached hydrogens (primary N) is 1. The summed E-state index contributed by atoms with van der Waals surface area (Å²) in [6, 6.07) is 6.74. The molecule has 2 nitrogen and oxygen atoms in total. The number of halogens is 1. The molecule has 1 aromatic carbocycles. The van der Waals surface area contributed by atoms with Crippen molar-refractivity contribution in [2.75, 3.05) is 6.54 Å². The number of rotatable bonds is 3. The normalized spacial score (nSPS) is 11.0. The zero-order valence-corrected chi connectivity index (χ0v) is 7.89. The first-order chi connectivity index (χ1) is 6.79. The fourth-order valence-corrected chi connectivity index (χ4v) is 1.59. The zero-order valence-electron chi connectivity index (χ0n) is 7.89. The molecule has 14 heavy (non-hydrogen) atoms. The molecule has 0 unspecified atom stereocenters. The van der Waals surface area contributed by atoms with Crippen molar-refractivity contribution in [1.29, 1.82) is 0 Å². The minimum absolute atomic E-state index is 0.193. The minimum atomic E-state index is -0.193. The molecule has 0 atom stereocenters. The van der Waals surface area contributed by atoms with Gasteiger partial charge in [-0.3, -0.25) is 0 Å². The molecular weight excluding hydrogens is 179 g/mol. The van der Waals surface area contributed by atoms with Gasteiger partial charge in [-0.25, -0.2) is 4.39 Å². The highest BCUT2D eigenvalue weighted by Gasteiger charge is 2.01. The molecule has 74 valence electrons. The molecule has 0 aliphatic heterocycles. The van der Waals surface area contributed by atoms with Crippen molar-refractivity contribution < 1.29 is 4.39 Å². The first kappa shape index (κ1) is 9.21. The third kappa shape index (κ3) is 1.77. The second kappa shape index (κ2) is 3.80. The van der Waals surface area contributed by atoms with Crippen LogP contribution in [0.15, 0.2) is 24.3 Å². The van der Waals surface area contributed by atoms with Crippen molar-refractivity contribution in [3.05, 3.63) is 35.8 Å². The lowest BCUT2D eigenvalue weighted by atomic mass is 10.2. The molecule has 1 heterocycles. The van der Waals surface area contributed by atoms with E-state index < -0.39 is 0 Å². The monoisotopic (exact) mass is 192 g/mol. The highest BCUT2D eigenvalue weighted by molar-refractivity contribution is 5.80. The van der Waals surface area contributed by atoms with Gasteiger partial charge in [0.25, 0.3) is 0 Å². The van der Waals surface area contributed by atoms with Crippen LogP contribution in [0.1, 0.15) is 12.1 Å². The molecule has 0 aliphatic carbocycles. The van der Waals surface area contributed by atoms with E-state index >= 15 is 0 Å². The van der Waals surface area contributed by atoms with Gasteiger partial charge in [0.2, 0.25) is 0 Å². The third-order valence-corrected chi connectivity index (χ3v) is 2.29. The van der Waals surface area contributed by atoms with Crippen molar-refractivity contribution in [3.8, 4) is 0 Å². The van der Waals surface area contributed by atoms with Crippen LogP contribution < -0.4 is 5.73 Å². The largest absolute Gasteiger partial charge is 0.358 e. The van der Waals surface area contributed by atoms with E-state index in [0.29, 0.717) is 6.54 Å². The van der Waals surface area contributed by atoms with Crippen LogP contribution in [0, 0.1) is 5.82 Å². The molecule has 0 saturated heterocycles. The average molecular weight is 192 g/mol. The van der Waals surface area contributed by atoms with Crippen molar-refractivity contribution in [2.24, 2.45) is 5.73 Å². The number of benzene rings is 1. The Balaban J connectivity index is 2.32. The van der Waals surface area contributed by atoms with Crippen molar-refractivity contribution in [1.82, 2.24) is 4.98 Å². The van der Waals surface area contributed by atoms with Crippen LogP contribution in [-0.2, 0) is 6.42 Å². The Labute approximate surface area is 81.9 Å². The molecule has 0 amide bonds. The Bertz CT molecular complexity index is 434. The predicted octanol–water partition coefficient (Wildman–Crippen LogP) is 2.20. The predicted molar refractivity (Wildman–Crippen MR) is 55.6 cm³/mol. The summed E-state index contributed by atoms with van der Waals surface area (Å²) in [6.45, 7) is 0.684. The molecule has 2 rings (SSSR count). The maximum absolute atomic E-state index is 12.9. The van der Waals surface area contributed by atoms with E-state index in [0.717, 1.165) is 29.4 Å². The zero-order chi connectivity index (χ0) is 9.97. The van der Waals surface area contributed by atoms with Crippen molar-refractivity contribution >= 4 is 10.9 Å². The third-order valence-electron chi connectivity index (χ3n) is 2.29. The van der Waals surface area contributed by atoms with Gasteiger partial charge in [0, 0.05) is 16.6 Å². The number of hydrogen-bond donors (Lipinski definition) is 2. The highest BCUT2D eigenvalue weighted by atomic mass is 19.1. The quantitative estimate of drug-likeness (QED) is 0.769. The molecule has 2 aromatic rings. The number of aryl methyl sites for hydroxylation is 1. The van der Waals surface area contributed by atoms with Crippen molar-refractivity contribution in [2.45, 2.75) is 12.8 Å². The van der Waals surface area contributed by atoms with Gasteiger partial charge in [0.15, 0.2) is 0 Å². The molecular formula is C11H13FN2. The van der Waals surface area contributed by atoms with E-state index in [1.807, 2.05) is 6.07 Å². The van der Waals surface area contributed by atoms with E-state index in [4.69, 9.17) is 5.73 Å². The van der Waals surface area contributed by atoms with E-state index in [1.165, 1.54) is 12.1 Å². The first-order valence-corrected chi connectivity index (χ1v) is 4.77. The Morgan fingerprint density at radius 2 is 2.14 bits per heavy atom. The summed E-state index contributed by atoms with van der Waals surface area (Å²) in [6.07, 6.45) is 1.88. The Kier molecular flexibility index (Phi) is 2.50. The first-order valence-electron chi connectivity index (χ1n) is 4.77. The molecule has 1 aromatic heterocycles. The topological polar surface area (TPSA) is 41.8 Å². The molecule has 0 saturated carbocycles. The molecule has 0 radical (unpaired) electrons. The Hall–Kier alpha value is -1.35. The highest BCUT2D eigenvalue weighted by Crippen LogP contribution is 2.17. The summed E-state index contributed by atoms with van der Waals surface area (Å²) >= 11 is 0. The van der Waals surface area contributed by atoms with Crippen LogP contribution >= 0.6 is 0 Å². The lowest BCUT2D eigenvalue weighted by Crippen LogP contribution is -2.00. The van der Waals surface area contributed by atoms with Crippen LogP contribution in [0.25, 0.3) is 10.9 Å². The molecule has 0 bridgehead atoms. The smallest absolute Gasteiger partial charge is 0.123 e. The van der Waals surface area contributed by atoms with Crippen LogP contribution in [0.3, 0.4) is 0 Å². The van der Waals surface area contributed by atoms with E-state index in [-0.39, 0.29) is 5.82 Å². The number of aromatic nitrogens is 1. The van der Waals surface area contributed by atoms with Gasteiger partial charge in [0.1, 0.15) is 5.82 Å². The molecule has 3 N–H and O–H groups in total. The van der Waals surface area contributed by atoms with Gasteiger partial charge >= 0.3 is 0 Å². The standard InChI is InChI=1S/C11H13FN2/c12-9-3-4-11-8(6-9)7-10(14-11)2-1-5-13/h3-4,6-7,14H,1-2,5,13H2. The van der Waals surface area contributed by atoms with E-state index in [2.05, 4.69) is 4.98 Å². The maximum Gasteiger partial charge on any atom is 0.123 e. The Morgan fingerprint density at radius 1 is 1.29 bits per heavy atom. The van der Waals surface area contributed by atoms with Crippen LogP contribution in [0.2, 0.25) is 0 Å². The lowest BCUT2D eigenvalue weighted by molar-refractivity contribution is 0.630. The summed E-state index contributed by atoms with van der Waals surface area (Å²) in [7, 11) is 0. The summed E-state index contributed by atoms with van der Waals surface area (Å²) < 4.78 is 12.9. The summed E-state index contributed by atoms with van der Waals surface area (Å²) in [5.74, 6) is -0.193. The number of fused-ring (bicyclic) bond motifs is 1. The minimum Gasteiger partial charge on any atom is -0.358 e. The van der Waals surface area contributed by atoms with Gasteiger partial charge in [-0.05, 0) is 43.7 Å². The van der Waals surface area contributed by atoms with Crippen LogP contribution in [0.4, 0.5) is 4.39 Å². The summed E-state index contributed by atoms with van der Waals surface area (Å²) in [5, 5.41) is 0.928. The van der Waals surface area contributed by atoms with Crippen molar-refractivity contribution in [3.63, 3.8) is 0 Å². The Morgan fingerprint density at radius 3 is 2.93 bits per heavy atom. The van der Waals surface area contributed by atoms with Crippen LogP contribution in [-0.4, -0.2) is 11.5 Å². The fourth-order valence-electron chi connectivity index (χ4n) is 1.59. The van der Waals surface area contributed by atoms with Gasteiger partial charge in [-0.15, -0.1) is 0 Å². The van der Waals surface area contributed by atoms with Gasteiger partial charge in [0.05, 0.1) is 0 Å². The second-order valence-corrected chi connectivity index (χ2v) is 3.42. The number of aromatic amines is 1.